The summed E-state index contributed by atoms with van der Waals surface area (Å²) >= 11 is 6.12. The minimum Gasteiger partial charge on any atom is -0.274 e. The lowest BCUT2D eigenvalue weighted by Gasteiger charge is -2.07. The van der Waals surface area contributed by atoms with Crippen LogP contribution in [0.4, 0.5) is 0 Å². The van der Waals surface area contributed by atoms with Crippen LogP contribution in [0.3, 0.4) is 0 Å². The van der Waals surface area contributed by atoms with Gasteiger partial charge in [-0.05, 0) is 45.0 Å². The van der Waals surface area contributed by atoms with Gasteiger partial charge >= 0.3 is 0 Å². The molecule has 1 aromatic heterocycles. The second-order valence-corrected chi connectivity index (χ2v) is 4.69. The summed E-state index contributed by atoms with van der Waals surface area (Å²) in [5, 5.41) is 5.02. The molecule has 0 aliphatic rings. The van der Waals surface area contributed by atoms with Crippen molar-refractivity contribution in [3.63, 3.8) is 0 Å². The van der Waals surface area contributed by atoms with Gasteiger partial charge in [0.05, 0.1) is 28.7 Å². The highest BCUT2D eigenvalue weighted by Crippen LogP contribution is 2.22. The van der Waals surface area contributed by atoms with Gasteiger partial charge < -0.3 is 0 Å². The Kier molecular flexibility index (Phi) is 4.42. The molecule has 0 unspecified atom stereocenters. The highest BCUT2D eigenvalue weighted by Gasteiger charge is 2.11. The third kappa shape index (κ3) is 2.84. The summed E-state index contributed by atoms with van der Waals surface area (Å²) in [6.07, 6.45) is 0. The van der Waals surface area contributed by atoms with Gasteiger partial charge in [-0.15, -0.1) is 0 Å². The number of hydrogen-bond donors (Lipinski definition) is 1. The van der Waals surface area contributed by atoms with Gasteiger partial charge in [0, 0.05) is 5.56 Å². The molecule has 106 valence electrons. The standard InChI is InChI=1S/C14H16ClN3O2/c1-4-20-17-14(19)11-5-7-12(8-6-11)18-10(3)13(15)9(2)16-18/h5-8H,4H2,1-3H3,(H,17,19). The normalized spacial score (nSPS) is 10.6. The second-order valence-electron chi connectivity index (χ2n) is 4.31. The van der Waals surface area contributed by atoms with Crippen molar-refractivity contribution in [3.8, 4) is 5.69 Å². The van der Waals surface area contributed by atoms with Gasteiger partial charge in [0.2, 0.25) is 0 Å². The van der Waals surface area contributed by atoms with Gasteiger partial charge in [-0.25, -0.2) is 10.2 Å². The first-order chi connectivity index (χ1) is 9.54. The number of nitrogens with one attached hydrogen (secondary N) is 1. The largest absolute Gasteiger partial charge is 0.274 e. The Morgan fingerprint density at radius 1 is 1.35 bits per heavy atom. The fourth-order valence-corrected chi connectivity index (χ4v) is 1.94. The molecular formula is C14H16ClN3O2. The molecule has 20 heavy (non-hydrogen) atoms. The summed E-state index contributed by atoms with van der Waals surface area (Å²) in [4.78, 5) is 16.6. The molecular weight excluding hydrogens is 278 g/mol. The fourth-order valence-electron chi connectivity index (χ4n) is 1.83. The van der Waals surface area contributed by atoms with Crippen LogP contribution in [0, 0.1) is 13.8 Å². The molecule has 0 atom stereocenters. The van der Waals surface area contributed by atoms with Crippen LogP contribution in [0.5, 0.6) is 0 Å². The number of rotatable bonds is 4. The van der Waals surface area contributed by atoms with Crippen LogP contribution in [0.1, 0.15) is 28.7 Å². The molecule has 2 aromatic rings. The molecule has 1 N–H and O–H groups in total. The van der Waals surface area contributed by atoms with Crippen molar-refractivity contribution in [1.29, 1.82) is 0 Å². The van der Waals surface area contributed by atoms with Crippen molar-refractivity contribution < 1.29 is 9.63 Å². The molecule has 0 saturated carbocycles. The summed E-state index contributed by atoms with van der Waals surface area (Å²) in [7, 11) is 0. The molecule has 0 aliphatic heterocycles. The number of aryl methyl sites for hydroxylation is 1. The smallest absolute Gasteiger partial charge is 0.274 e. The van der Waals surface area contributed by atoms with Gasteiger partial charge in [-0.1, -0.05) is 11.6 Å². The number of carbonyl (C=O) groups is 1. The molecule has 2 rings (SSSR count). The summed E-state index contributed by atoms with van der Waals surface area (Å²) in [5.41, 5.74) is 5.38. The van der Waals surface area contributed by atoms with E-state index in [0.717, 1.165) is 17.1 Å². The molecule has 0 aliphatic carbocycles. The first-order valence-corrected chi connectivity index (χ1v) is 6.66. The van der Waals surface area contributed by atoms with Crippen molar-refractivity contribution in [3.05, 3.63) is 46.2 Å². The van der Waals surface area contributed by atoms with Crippen LogP contribution in [0.25, 0.3) is 5.69 Å². The molecule has 1 amide bonds. The maximum Gasteiger partial charge on any atom is 0.274 e. The van der Waals surface area contributed by atoms with E-state index in [1.165, 1.54) is 0 Å². The number of amides is 1. The van der Waals surface area contributed by atoms with E-state index < -0.39 is 0 Å². The predicted molar refractivity (Wildman–Crippen MR) is 77.1 cm³/mol. The van der Waals surface area contributed by atoms with E-state index in [1.807, 2.05) is 26.0 Å². The molecule has 0 fully saturated rings. The lowest BCUT2D eigenvalue weighted by Crippen LogP contribution is -2.23. The molecule has 1 aromatic carbocycles. The zero-order valence-corrected chi connectivity index (χ0v) is 12.4. The van der Waals surface area contributed by atoms with Gasteiger partial charge in [0.1, 0.15) is 0 Å². The summed E-state index contributed by atoms with van der Waals surface area (Å²) in [6.45, 7) is 5.98. The van der Waals surface area contributed by atoms with Gasteiger partial charge in [0.25, 0.3) is 5.91 Å². The van der Waals surface area contributed by atoms with Crippen LogP contribution in [-0.2, 0) is 4.84 Å². The first-order valence-electron chi connectivity index (χ1n) is 6.29. The molecule has 0 radical (unpaired) electrons. The van der Waals surface area contributed by atoms with Crippen molar-refractivity contribution >= 4 is 17.5 Å². The average Bonchev–Trinajstić information content (AvgIpc) is 2.72. The summed E-state index contributed by atoms with van der Waals surface area (Å²) in [6, 6.07) is 7.06. The van der Waals surface area contributed by atoms with Gasteiger partial charge in [-0.2, -0.15) is 5.10 Å². The third-order valence-corrected chi connectivity index (χ3v) is 3.43. The van der Waals surface area contributed by atoms with E-state index >= 15 is 0 Å². The third-order valence-electron chi connectivity index (χ3n) is 2.89. The number of hydroxylamine groups is 1. The zero-order valence-electron chi connectivity index (χ0n) is 11.6. The van der Waals surface area contributed by atoms with Gasteiger partial charge in [-0.3, -0.25) is 9.63 Å². The van der Waals surface area contributed by atoms with E-state index in [1.54, 1.807) is 23.7 Å². The number of benzene rings is 1. The Bertz CT molecular complexity index is 620. The Morgan fingerprint density at radius 2 is 2.00 bits per heavy atom. The minimum atomic E-state index is -0.273. The highest BCUT2D eigenvalue weighted by molar-refractivity contribution is 6.31. The Morgan fingerprint density at radius 3 is 2.50 bits per heavy atom. The molecule has 0 bridgehead atoms. The van der Waals surface area contributed by atoms with Crippen molar-refractivity contribution in [2.75, 3.05) is 6.61 Å². The first kappa shape index (κ1) is 14.6. The average molecular weight is 294 g/mol. The Labute approximate surface area is 122 Å². The number of halogens is 1. The molecule has 0 saturated heterocycles. The number of hydrogen-bond acceptors (Lipinski definition) is 3. The minimum absolute atomic E-state index is 0.273. The van der Waals surface area contributed by atoms with Crippen LogP contribution >= 0.6 is 11.6 Å². The fraction of sp³-hybridized carbons (Fsp3) is 0.286. The number of aromatic nitrogens is 2. The molecule has 1 heterocycles. The predicted octanol–water partition coefficient (Wildman–Crippen LogP) is 2.82. The SMILES string of the molecule is CCONC(=O)c1ccc(-n2nc(C)c(Cl)c2C)cc1. The van der Waals surface area contributed by atoms with Crippen LogP contribution in [-0.4, -0.2) is 22.3 Å². The van der Waals surface area contributed by atoms with E-state index in [9.17, 15) is 4.79 Å². The number of nitrogens with zero attached hydrogens (tertiary/aromatic N) is 2. The highest BCUT2D eigenvalue weighted by atomic mass is 35.5. The maximum absolute atomic E-state index is 11.7. The van der Waals surface area contributed by atoms with E-state index in [4.69, 9.17) is 16.4 Å². The van der Waals surface area contributed by atoms with Crippen LogP contribution < -0.4 is 5.48 Å². The summed E-state index contributed by atoms with van der Waals surface area (Å²) in [5.74, 6) is -0.273. The van der Waals surface area contributed by atoms with E-state index in [0.29, 0.717) is 17.2 Å². The van der Waals surface area contributed by atoms with Crippen LogP contribution in [0.2, 0.25) is 5.02 Å². The lowest BCUT2D eigenvalue weighted by molar-refractivity contribution is 0.0364. The Hall–Kier alpha value is -1.85. The summed E-state index contributed by atoms with van der Waals surface area (Å²) < 4.78 is 1.75. The van der Waals surface area contributed by atoms with E-state index in [-0.39, 0.29) is 5.91 Å². The quantitative estimate of drug-likeness (QED) is 0.882. The lowest BCUT2D eigenvalue weighted by atomic mass is 10.2. The maximum atomic E-state index is 11.7. The molecule has 0 spiro atoms. The molecule has 5 nitrogen and oxygen atoms in total. The second kappa shape index (κ2) is 6.07. The van der Waals surface area contributed by atoms with Crippen molar-refractivity contribution in [2.24, 2.45) is 0 Å². The van der Waals surface area contributed by atoms with Crippen molar-refractivity contribution in [1.82, 2.24) is 15.3 Å². The van der Waals surface area contributed by atoms with E-state index in [2.05, 4.69) is 10.6 Å². The van der Waals surface area contributed by atoms with Crippen LogP contribution in [0.15, 0.2) is 24.3 Å². The van der Waals surface area contributed by atoms with Gasteiger partial charge in [0.15, 0.2) is 0 Å². The monoisotopic (exact) mass is 293 g/mol. The topological polar surface area (TPSA) is 56.1 Å². The van der Waals surface area contributed by atoms with Crippen molar-refractivity contribution in [2.45, 2.75) is 20.8 Å². The Balaban J connectivity index is 2.24. The molecule has 6 heteroatoms. The number of carbonyl (C=O) groups excluding carboxylic acids is 1. The zero-order chi connectivity index (χ0) is 14.7.